The first kappa shape index (κ1) is 19.5. The lowest BCUT2D eigenvalue weighted by atomic mass is 10.0. The van der Waals surface area contributed by atoms with Crippen molar-refractivity contribution in [2.45, 2.75) is 13.3 Å². The molecule has 150 valence electrons. The Labute approximate surface area is 173 Å². The molecule has 0 aliphatic carbocycles. The molecule has 0 saturated carbocycles. The van der Waals surface area contributed by atoms with Gasteiger partial charge in [0.1, 0.15) is 17.1 Å². The van der Waals surface area contributed by atoms with Gasteiger partial charge in [-0.1, -0.05) is 48.5 Å². The van der Waals surface area contributed by atoms with E-state index >= 15 is 0 Å². The van der Waals surface area contributed by atoms with Gasteiger partial charge in [-0.15, -0.1) is 0 Å². The highest BCUT2D eigenvalue weighted by Gasteiger charge is 2.11. The Kier molecular flexibility index (Phi) is 5.61. The summed E-state index contributed by atoms with van der Waals surface area (Å²) in [5.74, 6) is 0.389. The first-order valence-corrected chi connectivity index (χ1v) is 9.58. The predicted octanol–water partition coefficient (Wildman–Crippen LogP) is 4.68. The molecule has 0 atom stereocenters. The maximum absolute atomic E-state index is 12.3. The van der Waals surface area contributed by atoms with Crippen molar-refractivity contribution in [2.75, 3.05) is 6.61 Å². The molecule has 1 heterocycles. The van der Waals surface area contributed by atoms with Gasteiger partial charge in [0, 0.05) is 23.9 Å². The van der Waals surface area contributed by atoms with Gasteiger partial charge in [0.05, 0.1) is 0 Å². The zero-order chi connectivity index (χ0) is 20.9. The summed E-state index contributed by atoms with van der Waals surface area (Å²) in [4.78, 5) is 23.9. The Bertz CT molecular complexity index is 1240. The normalized spacial score (nSPS) is 10.7. The maximum Gasteiger partial charge on any atom is 0.349 e. The van der Waals surface area contributed by atoms with Crippen molar-refractivity contribution >= 4 is 16.9 Å². The number of esters is 1. The molecule has 3 aromatic carbocycles. The van der Waals surface area contributed by atoms with Gasteiger partial charge in [0.15, 0.2) is 6.61 Å². The summed E-state index contributed by atoms with van der Waals surface area (Å²) >= 11 is 0. The molecule has 0 spiro atoms. The van der Waals surface area contributed by atoms with Crippen LogP contribution in [0, 0.1) is 6.92 Å². The standard InChI is InChI=1S/C25H20O5/c1-17-13-24(26)30-23-15-20(11-12-21(17)23)29-25(27)16-28-22-10-6-5-9-19(22)14-18-7-3-2-4-8-18/h2-13,15H,14,16H2,1H3. The van der Waals surface area contributed by atoms with Gasteiger partial charge >= 0.3 is 11.6 Å². The molecular weight excluding hydrogens is 380 g/mol. The van der Waals surface area contributed by atoms with E-state index in [1.807, 2.05) is 61.5 Å². The molecule has 0 aliphatic heterocycles. The van der Waals surface area contributed by atoms with E-state index in [0.29, 0.717) is 23.5 Å². The van der Waals surface area contributed by atoms with Crippen molar-refractivity contribution in [1.29, 1.82) is 0 Å². The van der Waals surface area contributed by atoms with Crippen molar-refractivity contribution in [1.82, 2.24) is 0 Å². The van der Waals surface area contributed by atoms with Crippen LogP contribution in [0.5, 0.6) is 11.5 Å². The number of carbonyl (C=O) groups is 1. The molecule has 0 unspecified atom stereocenters. The Balaban J connectivity index is 1.43. The van der Waals surface area contributed by atoms with Crippen molar-refractivity contribution in [3.8, 4) is 11.5 Å². The third kappa shape index (κ3) is 4.58. The van der Waals surface area contributed by atoms with Gasteiger partial charge in [-0.25, -0.2) is 9.59 Å². The summed E-state index contributed by atoms with van der Waals surface area (Å²) in [5, 5.41) is 0.792. The van der Waals surface area contributed by atoms with Gasteiger partial charge < -0.3 is 13.9 Å². The van der Waals surface area contributed by atoms with E-state index in [1.54, 1.807) is 12.1 Å². The fraction of sp³-hybridized carbons (Fsp3) is 0.120. The van der Waals surface area contributed by atoms with Crippen molar-refractivity contribution in [2.24, 2.45) is 0 Å². The minimum Gasteiger partial charge on any atom is -0.482 e. The molecule has 0 amide bonds. The van der Waals surface area contributed by atoms with Crippen molar-refractivity contribution in [3.05, 3.63) is 106 Å². The number of rotatable bonds is 6. The number of benzene rings is 3. The van der Waals surface area contributed by atoms with E-state index < -0.39 is 11.6 Å². The maximum atomic E-state index is 12.3. The first-order valence-electron chi connectivity index (χ1n) is 9.58. The molecule has 1 aromatic heterocycles. The molecule has 0 bridgehead atoms. The second-order valence-electron chi connectivity index (χ2n) is 6.94. The molecule has 0 fully saturated rings. The second-order valence-corrected chi connectivity index (χ2v) is 6.94. The average Bonchev–Trinajstić information content (AvgIpc) is 2.73. The summed E-state index contributed by atoms with van der Waals surface area (Å²) in [6.45, 7) is 1.59. The van der Waals surface area contributed by atoms with E-state index in [2.05, 4.69) is 0 Å². The second kappa shape index (κ2) is 8.66. The molecule has 0 N–H and O–H groups in total. The Morgan fingerprint density at radius 1 is 0.933 bits per heavy atom. The van der Waals surface area contributed by atoms with Crippen LogP contribution in [0.15, 0.2) is 88.1 Å². The summed E-state index contributed by atoms with van der Waals surface area (Å²) in [7, 11) is 0. The molecule has 4 rings (SSSR count). The highest BCUT2D eigenvalue weighted by molar-refractivity contribution is 5.82. The van der Waals surface area contributed by atoms with Crippen LogP contribution in [0.1, 0.15) is 16.7 Å². The third-order valence-corrected chi connectivity index (χ3v) is 4.71. The van der Waals surface area contributed by atoms with Crippen molar-refractivity contribution in [3.63, 3.8) is 0 Å². The number of hydrogen-bond acceptors (Lipinski definition) is 5. The monoisotopic (exact) mass is 400 g/mol. The predicted molar refractivity (Wildman–Crippen MR) is 114 cm³/mol. The van der Waals surface area contributed by atoms with E-state index in [1.165, 1.54) is 12.1 Å². The molecule has 0 aliphatic rings. The quantitative estimate of drug-likeness (QED) is 0.267. The van der Waals surface area contributed by atoms with Crippen LogP contribution in [-0.4, -0.2) is 12.6 Å². The highest BCUT2D eigenvalue weighted by Crippen LogP contribution is 2.23. The van der Waals surface area contributed by atoms with E-state index in [9.17, 15) is 9.59 Å². The minimum absolute atomic E-state index is 0.235. The topological polar surface area (TPSA) is 65.7 Å². The van der Waals surface area contributed by atoms with Crippen LogP contribution >= 0.6 is 0 Å². The molecule has 30 heavy (non-hydrogen) atoms. The third-order valence-electron chi connectivity index (χ3n) is 4.71. The van der Waals surface area contributed by atoms with Gasteiger partial charge in [-0.3, -0.25) is 0 Å². The number of aryl methyl sites for hydroxylation is 1. The Morgan fingerprint density at radius 3 is 2.53 bits per heavy atom. The number of carbonyl (C=O) groups excluding carboxylic acids is 1. The fourth-order valence-electron chi connectivity index (χ4n) is 3.27. The highest BCUT2D eigenvalue weighted by atomic mass is 16.6. The van der Waals surface area contributed by atoms with Crippen LogP contribution < -0.4 is 15.1 Å². The number of hydrogen-bond donors (Lipinski definition) is 0. The molecule has 0 radical (unpaired) electrons. The van der Waals surface area contributed by atoms with Gasteiger partial charge in [0.25, 0.3) is 0 Å². The lowest BCUT2D eigenvalue weighted by molar-refractivity contribution is -0.136. The number of fused-ring (bicyclic) bond motifs is 1. The van der Waals surface area contributed by atoms with Gasteiger partial charge in [0.2, 0.25) is 0 Å². The summed E-state index contributed by atoms with van der Waals surface area (Å²) in [6.07, 6.45) is 0.703. The molecular formula is C25H20O5. The summed E-state index contributed by atoms with van der Waals surface area (Å²) in [5.41, 5.74) is 2.88. The summed E-state index contributed by atoms with van der Waals surface area (Å²) < 4.78 is 16.3. The van der Waals surface area contributed by atoms with Crippen LogP contribution in [0.25, 0.3) is 11.0 Å². The fourth-order valence-corrected chi connectivity index (χ4v) is 3.27. The molecule has 0 saturated heterocycles. The zero-order valence-electron chi connectivity index (χ0n) is 16.5. The summed E-state index contributed by atoms with van der Waals surface area (Å²) in [6, 6.07) is 24.0. The molecule has 5 heteroatoms. The smallest absolute Gasteiger partial charge is 0.349 e. The lowest BCUT2D eigenvalue weighted by Gasteiger charge is -2.11. The van der Waals surface area contributed by atoms with Crippen molar-refractivity contribution < 1.29 is 18.7 Å². The van der Waals surface area contributed by atoms with Crippen LogP contribution in [-0.2, 0) is 11.2 Å². The van der Waals surface area contributed by atoms with Crippen LogP contribution in [0.2, 0.25) is 0 Å². The van der Waals surface area contributed by atoms with Crippen LogP contribution in [0.4, 0.5) is 0 Å². The lowest BCUT2D eigenvalue weighted by Crippen LogP contribution is -2.18. The average molecular weight is 400 g/mol. The Morgan fingerprint density at radius 2 is 1.70 bits per heavy atom. The minimum atomic E-state index is -0.543. The van der Waals surface area contributed by atoms with Gasteiger partial charge in [-0.05, 0) is 41.8 Å². The van der Waals surface area contributed by atoms with Crippen LogP contribution in [0.3, 0.4) is 0 Å². The zero-order valence-corrected chi connectivity index (χ0v) is 16.5. The number of ether oxygens (including phenoxy) is 2. The first-order chi connectivity index (χ1) is 14.6. The SMILES string of the molecule is Cc1cc(=O)oc2cc(OC(=O)COc3ccccc3Cc3ccccc3)ccc12. The molecule has 5 nitrogen and oxygen atoms in total. The van der Waals surface area contributed by atoms with E-state index in [0.717, 1.165) is 22.1 Å². The Hall–Kier alpha value is -3.86. The van der Waals surface area contributed by atoms with E-state index in [4.69, 9.17) is 13.9 Å². The number of para-hydroxylation sites is 1. The largest absolute Gasteiger partial charge is 0.482 e. The van der Waals surface area contributed by atoms with E-state index in [-0.39, 0.29) is 6.61 Å². The molecule has 4 aromatic rings. The van der Waals surface area contributed by atoms with Gasteiger partial charge in [-0.2, -0.15) is 0 Å².